The van der Waals surface area contributed by atoms with Gasteiger partial charge < -0.3 is 25.2 Å². The van der Waals surface area contributed by atoms with Crippen molar-refractivity contribution < 1.29 is 14.4 Å². The molecule has 7 heteroatoms. The van der Waals surface area contributed by atoms with Crippen LogP contribution in [0.2, 0.25) is 0 Å². The Morgan fingerprint density at radius 3 is 2.97 bits per heavy atom. The number of amides is 2. The van der Waals surface area contributed by atoms with Crippen LogP contribution in [0.25, 0.3) is 0 Å². The van der Waals surface area contributed by atoms with Gasteiger partial charge in [0.25, 0.3) is 5.91 Å². The molecule has 3 aliphatic rings. The highest BCUT2D eigenvalue weighted by Gasteiger charge is 2.37. The zero-order valence-electron chi connectivity index (χ0n) is 17.0. The maximum atomic E-state index is 13.0. The predicted octanol–water partition coefficient (Wildman–Crippen LogP) is 1.46. The summed E-state index contributed by atoms with van der Waals surface area (Å²) in [7, 11) is 1.56. The molecule has 1 aromatic rings. The molecule has 1 saturated heterocycles. The first kappa shape index (κ1) is 19.9. The van der Waals surface area contributed by atoms with Crippen LogP contribution < -0.4 is 15.5 Å². The van der Waals surface area contributed by atoms with Crippen molar-refractivity contribution in [3.8, 4) is 0 Å². The van der Waals surface area contributed by atoms with Crippen LogP contribution in [0.5, 0.6) is 0 Å². The molecule has 1 aromatic carbocycles. The van der Waals surface area contributed by atoms with E-state index in [2.05, 4.69) is 27.7 Å². The number of aldehydes is 1. The Bertz CT molecular complexity index is 794. The monoisotopic (exact) mass is 398 g/mol. The number of nitrogens with zero attached hydrogens (tertiary/aromatic N) is 2. The number of benzene rings is 1. The fraction of sp³-hybridized carbons (Fsp3) is 0.591. The van der Waals surface area contributed by atoms with Gasteiger partial charge in [0.05, 0.1) is 0 Å². The van der Waals surface area contributed by atoms with Crippen molar-refractivity contribution in [1.82, 2.24) is 15.5 Å². The first-order chi connectivity index (χ1) is 14.1. The molecule has 0 radical (unpaired) electrons. The summed E-state index contributed by atoms with van der Waals surface area (Å²) in [6.07, 6.45) is 6.38. The number of hydrogen-bond donors (Lipinski definition) is 2. The number of hydrogen-bond acceptors (Lipinski definition) is 5. The number of anilines is 1. The van der Waals surface area contributed by atoms with E-state index in [9.17, 15) is 14.4 Å². The van der Waals surface area contributed by atoms with Crippen LogP contribution in [-0.4, -0.2) is 61.3 Å². The van der Waals surface area contributed by atoms with Crippen molar-refractivity contribution in [2.24, 2.45) is 0 Å². The molecule has 4 rings (SSSR count). The van der Waals surface area contributed by atoms with E-state index in [-0.39, 0.29) is 18.2 Å². The van der Waals surface area contributed by atoms with Gasteiger partial charge in [0.15, 0.2) is 0 Å². The normalized spacial score (nSPS) is 24.7. The van der Waals surface area contributed by atoms with Crippen molar-refractivity contribution >= 4 is 23.8 Å². The second-order valence-corrected chi connectivity index (χ2v) is 8.25. The second kappa shape index (κ2) is 8.53. The van der Waals surface area contributed by atoms with E-state index in [1.807, 2.05) is 6.07 Å². The summed E-state index contributed by atoms with van der Waals surface area (Å²) in [5, 5.41) is 6.29. The van der Waals surface area contributed by atoms with Crippen LogP contribution >= 0.6 is 0 Å². The van der Waals surface area contributed by atoms with Gasteiger partial charge in [-0.25, -0.2) is 0 Å². The summed E-state index contributed by atoms with van der Waals surface area (Å²) in [5.74, 6) is -0.345. The van der Waals surface area contributed by atoms with Crippen LogP contribution in [0.1, 0.15) is 54.4 Å². The highest BCUT2D eigenvalue weighted by atomic mass is 16.2. The molecule has 0 bridgehead atoms. The molecule has 0 aromatic heterocycles. The largest absolute Gasteiger partial charge is 0.366 e. The number of fused-ring (bicyclic) bond motifs is 2. The van der Waals surface area contributed by atoms with E-state index in [4.69, 9.17) is 0 Å². The molecule has 2 fully saturated rings. The predicted molar refractivity (Wildman–Crippen MR) is 111 cm³/mol. The lowest BCUT2D eigenvalue weighted by Gasteiger charge is -2.46. The van der Waals surface area contributed by atoms with Crippen molar-refractivity contribution in [2.75, 3.05) is 25.0 Å². The highest BCUT2D eigenvalue weighted by Crippen LogP contribution is 2.34. The van der Waals surface area contributed by atoms with Crippen molar-refractivity contribution in [2.45, 2.75) is 63.2 Å². The average Bonchev–Trinajstić information content (AvgIpc) is 3.09. The molecule has 2 heterocycles. The van der Waals surface area contributed by atoms with E-state index in [1.54, 1.807) is 11.9 Å². The van der Waals surface area contributed by atoms with Crippen molar-refractivity contribution in [3.63, 3.8) is 0 Å². The lowest BCUT2D eigenvalue weighted by Crippen LogP contribution is -2.59. The first-order valence-corrected chi connectivity index (χ1v) is 10.7. The Morgan fingerprint density at radius 2 is 2.17 bits per heavy atom. The van der Waals surface area contributed by atoms with Crippen LogP contribution in [0.15, 0.2) is 18.2 Å². The third-order valence-corrected chi connectivity index (χ3v) is 6.62. The average molecular weight is 399 g/mol. The molecule has 3 atom stereocenters. The Kier molecular flexibility index (Phi) is 5.85. The number of carbonyl (C=O) groups excluding carboxylic acids is 3. The van der Waals surface area contributed by atoms with E-state index < -0.39 is 6.04 Å². The van der Waals surface area contributed by atoms with E-state index in [0.717, 1.165) is 24.9 Å². The van der Waals surface area contributed by atoms with Crippen LogP contribution in [0.3, 0.4) is 0 Å². The number of likely N-dealkylation sites (N-methyl/N-ethyl adjacent to an activating group) is 1. The van der Waals surface area contributed by atoms with E-state index >= 15 is 0 Å². The summed E-state index contributed by atoms with van der Waals surface area (Å²) >= 11 is 0. The standard InChI is InChI=1S/C22H30N4O3/c1-23-21(28)20(7-4-12-27)26-14-15-13-16(8-9-17(15)22(26)29)25-11-10-24-18-5-2-3-6-19(18)25/h8-9,12-13,18-20,24H,2-7,10-11,14H2,1H3,(H,23,28). The van der Waals surface area contributed by atoms with E-state index in [1.165, 1.54) is 31.4 Å². The molecule has 2 amide bonds. The Morgan fingerprint density at radius 1 is 1.34 bits per heavy atom. The van der Waals surface area contributed by atoms with Gasteiger partial charge in [0.2, 0.25) is 5.91 Å². The van der Waals surface area contributed by atoms with Gasteiger partial charge in [-0.1, -0.05) is 12.8 Å². The third-order valence-electron chi connectivity index (χ3n) is 6.62. The van der Waals surface area contributed by atoms with Gasteiger partial charge >= 0.3 is 0 Å². The minimum Gasteiger partial charge on any atom is -0.366 e. The summed E-state index contributed by atoms with van der Waals surface area (Å²) in [5.41, 5.74) is 2.81. The number of rotatable bonds is 6. The van der Waals surface area contributed by atoms with Gasteiger partial charge in [0.1, 0.15) is 12.3 Å². The Hall–Kier alpha value is -2.41. The lowest BCUT2D eigenvalue weighted by atomic mass is 9.87. The molecular weight excluding hydrogens is 368 g/mol. The molecule has 3 unspecified atom stereocenters. The van der Waals surface area contributed by atoms with Gasteiger partial charge in [-0.15, -0.1) is 0 Å². The van der Waals surface area contributed by atoms with Gasteiger partial charge in [-0.3, -0.25) is 9.59 Å². The van der Waals surface area contributed by atoms with Crippen molar-refractivity contribution in [1.29, 1.82) is 0 Å². The zero-order valence-corrected chi connectivity index (χ0v) is 17.0. The topological polar surface area (TPSA) is 81.8 Å². The lowest BCUT2D eigenvalue weighted by molar-refractivity contribution is -0.125. The third kappa shape index (κ3) is 3.75. The molecule has 1 aliphatic carbocycles. The summed E-state index contributed by atoms with van der Waals surface area (Å²) in [6, 6.07) is 6.53. The summed E-state index contributed by atoms with van der Waals surface area (Å²) in [6.45, 7) is 2.37. The molecular formula is C22H30N4O3. The van der Waals surface area contributed by atoms with Crippen LogP contribution in [0.4, 0.5) is 5.69 Å². The Labute approximate surface area is 171 Å². The summed E-state index contributed by atoms with van der Waals surface area (Å²) in [4.78, 5) is 40.2. The first-order valence-electron chi connectivity index (χ1n) is 10.7. The molecule has 0 spiro atoms. The maximum absolute atomic E-state index is 13.0. The number of nitrogens with one attached hydrogen (secondary N) is 2. The summed E-state index contributed by atoms with van der Waals surface area (Å²) < 4.78 is 0. The fourth-order valence-electron chi connectivity index (χ4n) is 5.16. The van der Waals surface area contributed by atoms with Crippen LogP contribution in [0, 0.1) is 0 Å². The minimum absolute atomic E-state index is 0.123. The highest BCUT2D eigenvalue weighted by molar-refractivity contribution is 6.01. The van der Waals surface area contributed by atoms with Gasteiger partial charge in [-0.2, -0.15) is 0 Å². The molecule has 29 heavy (non-hydrogen) atoms. The quantitative estimate of drug-likeness (QED) is 0.709. The van der Waals surface area contributed by atoms with Gasteiger partial charge in [-0.05, 0) is 43.0 Å². The molecule has 1 saturated carbocycles. The maximum Gasteiger partial charge on any atom is 0.255 e. The molecule has 2 aliphatic heterocycles. The number of piperazine rings is 1. The van der Waals surface area contributed by atoms with Gasteiger partial charge in [0, 0.05) is 56.4 Å². The molecule has 156 valence electrons. The van der Waals surface area contributed by atoms with Crippen molar-refractivity contribution in [3.05, 3.63) is 29.3 Å². The SMILES string of the molecule is CNC(=O)C(CCC=O)N1Cc2cc(N3CCNC4CCCCC43)ccc2C1=O. The minimum atomic E-state index is -0.615. The fourth-order valence-corrected chi connectivity index (χ4v) is 5.16. The van der Waals surface area contributed by atoms with Crippen LogP contribution in [-0.2, 0) is 16.1 Å². The number of carbonyl (C=O) groups is 3. The Balaban J connectivity index is 1.56. The smallest absolute Gasteiger partial charge is 0.255 e. The van der Waals surface area contributed by atoms with E-state index in [0.29, 0.717) is 30.6 Å². The molecule has 2 N–H and O–H groups in total. The second-order valence-electron chi connectivity index (χ2n) is 8.25. The zero-order chi connectivity index (χ0) is 20.4. The molecule has 7 nitrogen and oxygen atoms in total.